The van der Waals surface area contributed by atoms with Crippen LogP contribution in [0.15, 0.2) is 53.4 Å². The van der Waals surface area contributed by atoms with E-state index in [0.29, 0.717) is 5.02 Å². The van der Waals surface area contributed by atoms with Crippen LogP contribution >= 0.6 is 11.6 Å². The van der Waals surface area contributed by atoms with Crippen LogP contribution in [-0.2, 0) is 9.84 Å². The quantitative estimate of drug-likeness (QED) is 0.931. The first kappa shape index (κ1) is 15.5. The molecular formula is C16H15ClFNO2S. The molecule has 3 nitrogen and oxygen atoms in total. The van der Waals surface area contributed by atoms with Crippen LogP contribution in [0.5, 0.6) is 0 Å². The molecule has 0 spiro atoms. The van der Waals surface area contributed by atoms with Crippen molar-refractivity contribution in [3.8, 4) is 0 Å². The van der Waals surface area contributed by atoms with Crippen LogP contribution in [0.4, 0.5) is 4.39 Å². The summed E-state index contributed by atoms with van der Waals surface area (Å²) in [6.07, 6.45) is 0. The zero-order valence-electron chi connectivity index (χ0n) is 11.6. The molecule has 116 valence electrons. The highest BCUT2D eigenvalue weighted by molar-refractivity contribution is 7.92. The number of halogens is 2. The van der Waals surface area contributed by atoms with Crippen LogP contribution in [0.25, 0.3) is 0 Å². The summed E-state index contributed by atoms with van der Waals surface area (Å²) in [6.45, 7) is 0.277. The SMILES string of the molecule is NCC1C(c2ccc(F)cc2)C1S(=O)(=O)c1ccc(Cl)cc1. The van der Waals surface area contributed by atoms with E-state index in [1.54, 1.807) is 24.3 Å². The minimum absolute atomic E-state index is 0.147. The van der Waals surface area contributed by atoms with Gasteiger partial charge in [0.05, 0.1) is 10.1 Å². The van der Waals surface area contributed by atoms with Gasteiger partial charge in [-0.1, -0.05) is 23.7 Å². The Balaban J connectivity index is 1.93. The van der Waals surface area contributed by atoms with Gasteiger partial charge in [-0.05, 0) is 54.4 Å². The molecule has 3 rings (SSSR count). The minimum Gasteiger partial charge on any atom is -0.330 e. The van der Waals surface area contributed by atoms with E-state index >= 15 is 0 Å². The van der Waals surface area contributed by atoms with E-state index in [9.17, 15) is 12.8 Å². The predicted molar refractivity (Wildman–Crippen MR) is 84.1 cm³/mol. The van der Waals surface area contributed by atoms with Gasteiger partial charge < -0.3 is 5.73 Å². The van der Waals surface area contributed by atoms with Gasteiger partial charge in [-0.3, -0.25) is 0 Å². The molecule has 1 fully saturated rings. The summed E-state index contributed by atoms with van der Waals surface area (Å²) in [5, 5.41) is -0.0793. The van der Waals surface area contributed by atoms with Crippen LogP contribution in [-0.4, -0.2) is 20.2 Å². The largest absolute Gasteiger partial charge is 0.330 e. The number of sulfone groups is 1. The molecule has 0 amide bonds. The topological polar surface area (TPSA) is 60.2 Å². The number of rotatable bonds is 4. The molecule has 0 bridgehead atoms. The van der Waals surface area contributed by atoms with Crippen LogP contribution in [0.3, 0.4) is 0 Å². The van der Waals surface area contributed by atoms with Gasteiger partial charge in [-0.25, -0.2) is 12.8 Å². The lowest BCUT2D eigenvalue weighted by Crippen LogP contribution is -2.13. The van der Waals surface area contributed by atoms with Gasteiger partial charge >= 0.3 is 0 Å². The zero-order valence-corrected chi connectivity index (χ0v) is 13.2. The second-order valence-electron chi connectivity index (χ2n) is 5.44. The fourth-order valence-electron chi connectivity index (χ4n) is 2.95. The molecule has 3 atom stereocenters. The van der Waals surface area contributed by atoms with Crippen LogP contribution in [0, 0.1) is 11.7 Å². The van der Waals surface area contributed by atoms with E-state index in [-0.39, 0.29) is 29.1 Å². The highest BCUT2D eigenvalue weighted by Gasteiger charge is 2.57. The third-order valence-electron chi connectivity index (χ3n) is 4.12. The smallest absolute Gasteiger partial charge is 0.182 e. The van der Waals surface area contributed by atoms with Crippen molar-refractivity contribution in [1.29, 1.82) is 0 Å². The van der Waals surface area contributed by atoms with Gasteiger partial charge in [0.15, 0.2) is 9.84 Å². The van der Waals surface area contributed by atoms with Crippen molar-refractivity contribution in [1.82, 2.24) is 0 Å². The molecule has 1 aliphatic rings. The number of hydrogen-bond acceptors (Lipinski definition) is 3. The fourth-order valence-corrected chi connectivity index (χ4v) is 5.30. The average molecular weight is 340 g/mol. The van der Waals surface area contributed by atoms with E-state index in [1.165, 1.54) is 24.3 Å². The maximum atomic E-state index is 13.0. The Bertz CT molecular complexity index is 775. The first-order valence-corrected chi connectivity index (χ1v) is 8.82. The molecule has 3 unspecified atom stereocenters. The Morgan fingerprint density at radius 2 is 1.64 bits per heavy atom. The number of nitrogens with two attached hydrogens (primary N) is 1. The van der Waals surface area contributed by atoms with Crippen molar-refractivity contribution in [2.75, 3.05) is 6.54 Å². The lowest BCUT2D eigenvalue weighted by Gasteiger charge is -2.04. The molecule has 6 heteroatoms. The molecular weight excluding hydrogens is 325 g/mol. The molecule has 2 aromatic rings. The van der Waals surface area contributed by atoms with E-state index in [1.807, 2.05) is 0 Å². The first-order valence-electron chi connectivity index (χ1n) is 6.90. The molecule has 1 saturated carbocycles. The van der Waals surface area contributed by atoms with Gasteiger partial charge in [0.2, 0.25) is 0 Å². The Morgan fingerprint density at radius 1 is 1.05 bits per heavy atom. The van der Waals surface area contributed by atoms with Crippen LogP contribution in [0.2, 0.25) is 5.02 Å². The molecule has 0 aliphatic heterocycles. The molecule has 0 aromatic heterocycles. The van der Waals surface area contributed by atoms with Gasteiger partial charge in [0.1, 0.15) is 5.82 Å². The van der Waals surface area contributed by atoms with E-state index in [2.05, 4.69) is 0 Å². The normalized spacial score (nSPS) is 24.2. The summed E-state index contributed by atoms with van der Waals surface area (Å²) in [6, 6.07) is 12.1. The highest BCUT2D eigenvalue weighted by Crippen LogP contribution is 2.53. The van der Waals surface area contributed by atoms with Gasteiger partial charge in [-0.15, -0.1) is 0 Å². The maximum absolute atomic E-state index is 13.0. The van der Waals surface area contributed by atoms with E-state index in [4.69, 9.17) is 17.3 Å². The molecule has 0 radical (unpaired) electrons. The molecule has 1 aliphatic carbocycles. The fraction of sp³-hybridized carbons (Fsp3) is 0.250. The second-order valence-corrected chi connectivity index (χ2v) is 7.98. The Kier molecular flexibility index (Phi) is 3.97. The number of hydrogen-bond donors (Lipinski definition) is 1. The maximum Gasteiger partial charge on any atom is 0.182 e. The van der Waals surface area contributed by atoms with Crippen molar-refractivity contribution < 1.29 is 12.8 Å². The first-order chi connectivity index (χ1) is 10.4. The van der Waals surface area contributed by atoms with Gasteiger partial charge in [-0.2, -0.15) is 0 Å². The van der Waals surface area contributed by atoms with Crippen molar-refractivity contribution in [2.45, 2.75) is 16.1 Å². The molecule has 22 heavy (non-hydrogen) atoms. The summed E-state index contributed by atoms with van der Waals surface area (Å²) in [5.41, 5.74) is 6.53. The summed E-state index contributed by atoms with van der Waals surface area (Å²) >= 11 is 5.80. The average Bonchev–Trinajstić information content (AvgIpc) is 3.24. The predicted octanol–water partition coefficient (Wildman–Crippen LogP) is 2.99. The third-order valence-corrected chi connectivity index (χ3v) is 6.66. The Hall–Kier alpha value is -1.43. The summed E-state index contributed by atoms with van der Waals surface area (Å²) in [5.74, 6) is -0.678. The molecule has 2 N–H and O–H groups in total. The Morgan fingerprint density at radius 3 is 2.18 bits per heavy atom. The molecule has 2 aromatic carbocycles. The highest BCUT2D eigenvalue weighted by atomic mass is 35.5. The molecule has 0 saturated heterocycles. The molecule has 0 heterocycles. The van der Waals surface area contributed by atoms with Gasteiger partial charge in [0.25, 0.3) is 0 Å². The third kappa shape index (κ3) is 2.64. The van der Waals surface area contributed by atoms with Crippen molar-refractivity contribution in [3.63, 3.8) is 0 Å². The van der Waals surface area contributed by atoms with E-state index in [0.717, 1.165) is 5.56 Å². The monoisotopic (exact) mass is 339 g/mol. The van der Waals surface area contributed by atoms with Crippen molar-refractivity contribution >= 4 is 21.4 Å². The summed E-state index contributed by atoms with van der Waals surface area (Å²) < 4.78 is 38.5. The second kappa shape index (κ2) is 5.65. The summed E-state index contributed by atoms with van der Waals surface area (Å²) in [4.78, 5) is 0.241. The lowest BCUT2D eigenvalue weighted by molar-refractivity contribution is 0.591. The van der Waals surface area contributed by atoms with Crippen LogP contribution < -0.4 is 5.73 Å². The lowest BCUT2D eigenvalue weighted by atomic mass is 10.1. The van der Waals surface area contributed by atoms with Gasteiger partial charge in [0, 0.05) is 10.9 Å². The minimum atomic E-state index is -3.48. The van der Waals surface area contributed by atoms with Crippen molar-refractivity contribution in [3.05, 3.63) is 64.9 Å². The summed E-state index contributed by atoms with van der Waals surface area (Å²) in [7, 11) is -3.48. The van der Waals surface area contributed by atoms with Crippen molar-refractivity contribution in [2.24, 2.45) is 11.7 Å². The van der Waals surface area contributed by atoms with Crippen LogP contribution in [0.1, 0.15) is 11.5 Å². The zero-order chi connectivity index (χ0) is 15.9. The van der Waals surface area contributed by atoms with E-state index < -0.39 is 15.1 Å². The number of benzene rings is 2. The standard InChI is InChI=1S/C16H15ClFNO2S/c17-11-3-7-13(8-4-11)22(20,21)16-14(9-19)15(16)10-1-5-12(18)6-2-10/h1-8,14-16H,9,19H2. The Labute approximate surface area is 133 Å².